The number of anilines is 1. The Bertz CT molecular complexity index is 1620. The van der Waals surface area contributed by atoms with E-state index in [9.17, 15) is 27.9 Å². The summed E-state index contributed by atoms with van der Waals surface area (Å²) in [5, 5.41) is 21.8. The van der Waals surface area contributed by atoms with Crippen molar-refractivity contribution in [3.05, 3.63) is 89.0 Å². The lowest BCUT2D eigenvalue weighted by atomic mass is 9.93. The van der Waals surface area contributed by atoms with Gasteiger partial charge in [0.05, 0.1) is 31.8 Å². The second-order valence-corrected chi connectivity index (χ2v) is 8.66. The molecule has 14 heteroatoms. The van der Waals surface area contributed by atoms with Crippen molar-refractivity contribution in [2.24, 2.45) is 0 Å². The number of nitrogens with zero attached hydrogens (tertiary/aromatic N) is 2. The number of carboxylic acids is 1. The number of hydrogen-bond acceptors (Lipinski definition) is 7. The number of fused-ring (bicyclic) bond motifs is 2. The number of carbonyl (C=O) groups is 3. The number of hydrogen-bond donors (Lipinski definition) is 4. The van der Waals surface area contributed by atoms with Gasteiger partial charge in [0.25, 0.3) is 5.91 Å². The van der Waals surface area contributed by atoms with Crippen LogP contribution in [0.15, 0.2) is 66.7 Å². The standard InChI is InChI=1S/C25H22N4O5.C2HF3O2/c1-33-21-10-6-3-7-15(21)14-29-22(30)17-8-4-5-9-18(17)25(29,32)16-11-12-19-20(13-16)27-23(26-19)28-24(31)34-2;3-2(4,5)1(6)7/h3-13,32H,14H2,1-2H3,(H2,26,27,28,31);(H,6,7). The average Bonchev–Trinajstić information content (AvgIpc) is 3.45. The van der Waals surface area contributed by atoms with E-state index in [4.69, 9.17) is 14.6 Å². The molecule has 0 saturated carbocycles. The molecular formula is C27H23F3N4O7. The van der Waals surface area contributed by atoms with E-state index < -0.39 is 24.0 Å². The van der Waals surface area contributed by atoms with Crippen LogP contribution in [0.5, 0.6) is 5.75 Å². The molecule has 2 amide bonds. The largest absolute Gasteiger partial charge is 0.496 e. The third-order valence-corrected chi connectivity index (χ3v) is 6.22. The van der Waals surface area contributed by atoms with Crippen LogP contribution < -0.4 is 10.1 Å². The van der Waals surface area contributed by atoms with E-state index in [0.29, 0.717) is 33.5 Å². The number of carboxylic acid groups (broad SMARTS) is 1. The van der Waals surface area contributed by atoms with E-state index in [2.05, 4.69) is 20.0 Å². The first-order valence-corrected chi connectivity index (χ1v) is 11.8. The van der Waals surface area contributed by atoms with Crippen molar-refractivity contribution in [1.82, 2.24) is 14.9 Å². The summed E-state index contributed by atoms with van der Waals surface area (Å²) in [6.07, 6.45) is -5.74. The number of benzene rings is 3. The first-order chi connectivity index (χ1) is 19.4. The summed E-state index contributed by atoms with van der Waals surface area (Å²) in [7, 11) is 2.83. The third-order valence-electron chi connectivity index (χ3n) is 6.22. The molecule has 5 rings (SSSR count). The maximum Gasteiger partial charge on any atom is 0.490 e. The smallest absolute Gasteiger partial charge is 0.490 e. The van der Waals surface area contributed by atoms with Crippen molar-refractivity contribution in [3.63, 3.8) is 0 Å². The number of halogens is 3. The van der Waals surface area contributed by atoms with Gasteiger partial charge in [-0.3, -0.25) is 15.0 Å². The van der Waals surface area contributed by atoms with Crippen LogP contribution in [-0.2, 0) is 21.8 Å². The van der Waals surface area contributed by atoms with Crippen molar-refractivity contribution in [2.45, 2.75) is 18.4 Å². The van der Waals surface area contributed by atoms with Gasteiger partial charge in [-0.15, -0.1) is 0 Å². The summed E-state index contributed by atoms with van der Waals surface area (Å²) >= 11 is 0. The minimum absolute atomic E-state index is 0.129. The molecule has 2 heterocycles. The zero-order chi connectivity index (χ0) is 29.9. The Morgan fingerprint density at radius 2 is 1.73 bits per heavy atom. The molecule has 41 heavy (non-hydrogen) atoms. The number of amides is 2. The van der Waals surface area contributed by atoms with Gasteiger partial charge in [-0.1, -0.05) is 42.5 Å². The van der Waals surface area contributed by atoms with Gasteiger partial charge >= 0.3 is 18.2 Å². The Morgan fingerprint density at radius 3 is 2.39 bits per heavy atom. The molecule has 214 valence electrons. The van der Waals surface area contributed by atoms with Crippen LogP contribution in [0.4, 0.5) is 23.9 Å². The second kappa shape index (κ2) is 11.2. The topological polar surface area (TPSA) is 154 Å². The van der Waals surface area contributed by atoms with E-state index in [1.807, 2.05) is 24.3 Å². The van der Waals surface area contributed by atoms with E-state index in [1.54, 1.807) is 49.6 Å². The molecule has 0 saturated heterocycles. The number of H-pyrrole nitrogens is 1. The first kappa shape index (κ1) is 28.9. The van der Waals surface area contributed by atoms with Gasteiger partial charge in [-0.05, 0) is 24.3 Å². The Hall–Kier alpha value is -5.11. The highest BCUT2D eigenvalue weighted by molar-refractivity contribution is 6.00. The Balaban J connectivity index is 0.000000493. The second-order valence-electron chi connectivity index (χ2n) is 8.66. The van der Waals surface area contributed by atoms with Crippen LogP contribution in [0.25, 0.3) is 11.0 Å². The van der Waals surface area contributed by atoms with E-state index in [-0.39, 0.29) is 18.4 Å². The number of para-hydroxylation sites is 1. The Morgan fingerprint density at radius 1 is 1.07 bits per heavy atom. The number of carbonyl (C=O) groups excluding carboxylic acids is 2. The minimum atomic E-state index is -5.08. The molecule has 0 spiro atoms. The number of nitrogens with one attached hydrogen (secondary N) is 2. The molecule has 0 fully saturated rings. The fourth-order valence-electron chi connectivity index (χ4n) is 4.35. The zero-order valence-corrected chi connectivity index (χ0v) is 21.5. The van der Waals surface area contributed by atoms with Gasteiger partial charge in [0, 0.05) is 22.3 Å². The molecule has 1 aromatic heterocycles. The highest BCUT2D eigenvalue weighted by atomic mass is 19.4. The average molecular weight is 572 g/mol. The molecular weight excluding hydrogens is 549 g/mol. The monoisotopic (exact) mass is 572 g/mol. The Labute approximate surface area is 230 Å². The van der Waals surface area contributed by atoms with Gasteiger partial charge in [-0.2, -0.15) is 13.2 Å². The quantitative estimate of drug-likeness (QED) is 0.277. The lowest BCUT2D eigenvalue weighted by Gasteiger charge is -2.35. The number of alkyl halides is 3. The molecule has 1 aliphatic heterocycles. The molecule has 0 radical (unpaired) electrons. The van der Waals surface area contributed by atoms with Gasteiger partial charge in [-0.25, -0.2) is 14.6 Å². The molecule has 11 nitrogen and oxygen atoms in total. The minimum Gasteiger partial charge on any atom is -0.496 e. The predicted molar refractivity (Wildman–Crippen MR) is 138 cm³/mol. The predicted octanol–water partition coefficient (Wildman–Crippen LogP) is 4.23. The fourth-order valence-corrected chi connectivity index (χ4v) is 4.35. The number of aromatic amines is 1. The molecule has 0 aliphatic carbocycles. The summed E-state index contributed by atoms with van der Waals surface area (Å²) in [6.45, 7) is 0.129. The summed E-state index contributed by atoms with van der Waals surface area (Å²) in [4.78, 5) is 42.6. The van der Waals surface area contributed by atoms with Gasteiger partial charge < -0.3 is 24.7 Å². The zero-order valence-electron chi connectivity index (χ0n) is 21.5. The van der Waals surface area contributed by atoms with Crippen LogP contribution in [0, 0.1) is 0 Å². The number of ether oxygens (including phenoxy) is 2. The number of aliphatic hydroxyl groups is 1. The van der Waals surface area contributed by atoms with Crippen molar-refractivity contribution in [3.8, 4) is 5.75 Å². The Kier molecular flexibility index (Phi) is 7.87. The molecule has 4 aromatic rings. The van der Waals surface area contributed by atoms with Crippen LogP contribution >= 0.6 is 0 Å². The number of aromatic nitrogens is 2. The van der Waals surface area contributed by atoms with Crippen molar-refractivity contribution in [2.75, 3.05) is 19.5 Å². The lowest BCUT2D eigenvalue weighted by molar-refractivity contribution is -0.192. The van der Waals surface area contributed by atoms with Crippen molar-refractivity contribution < 1.29 is 47.2 Å². The van der Waals surface area contributed by atoms with Crippen LogP contribution in [-0.4, -0.2) is 63.4 Å². The van der Waals surface area contributed by atoms with E-state index >= 15 is 0 Å². The maximum absolute atomic E-state index is 13.5. The van der Waals surface area contributed by atoms with Crippen LogP contribution in [0.2, 0.25) is 0 Å². The first-order valence-electron chi connectivity index (χ1n) is 11.8. The summed E-state index contributed by atoms with van der Waals surface area (Å²) in [5.74, 6) is -2.22. The SMILES string of the molecule is COC(=O)Nc1nc2ccc(C3(O)c4ccccc4C(=O)N3Cc3ccccc3OC)cc2[nH]1.O=C(O)C(F)(F)F. The fraction of sp³-hybridized carbons (Fsp3) is 0.185. The maximum atomic E-state index is 13.5. The highest BCUT2D eigenvalue weighted by Gasteiger charge is 2.50. The van der Waals surface area contributed by atoms with E-state index in [1.165, 1.54) is 12.0 Å². The van der Waals surface area contributed by atoms with Gasteiger partial charge in [0.1, 0.15) is 5.75 Å². The number of rotatable bonds is 5. The van der Waals surface area contributed by atoms with Gasteiger partial charge in [0.15, 0.2) is 5.72 Å². The third kappa shape index (κ3) is 5.63. The molecule has 1 atom stereocenters. The molecule has 1 aliphatic rings. The summed E-state index contributed by atoms with van der Waals surface area (Å²) in [5.41, 5.74) is 1.57. The molecule has 3 aromatic carbocycles. The van der Waals surface area contributed by atoms with Crippen molar-refractivity contribution >= 4 is 35.0 Å². The summed E-state index contributed by atoms with van der Waals surface area (Å²) in [6, 6.07) is 19.5. The van der Waals surface area contributed by atoms with E-state index in [0.717, 1.165) is 5.56 Å². The molecule has 4 N–H and O–H groups in total. The highest BCUT2D eigenvalue weighted by Crippen LogP contribution is 2.44. The van der Waals surface area contributed by atoms with Crippen molar-refractivity contribution in [1.29, 1.82) is 0 Å². The van der Waals surface area contributed by atoms with Crippen LogP contribution in [0.3, 0.4) is 0 Å². The van der Waals surface area contributed by atoms with Crippen LogP contribution in [0.1, 0.15) is 27.0 Å². The van der Waals surface area contributed by atoms with Gasteiger partial charge in [0.2, 0.25) is 5.95 Å². The molecule has 0 bridgehead atoms. The molecule has 1 unspecified atom stereocenters. The normalized spacial score (nSPS) is 16.0. The summed E-state index contributed by atoms with van der Waals surface area (Å²) < 4.78 is 41.8. The number of imidazole rings is 1. The number of aliphatic carboxylic acids is 1. The number of methoxy groups -OCH3 is 2. The lowest BCUT2D eigenvalue weighted by Crippen LogP contribution is -2.44.